The van der Waals surface area contributed by atoms with Crippen molar-refractivity contribution in [2.45, 2.75) is 70.5 Å². The second kappa shape index (κ2) is 19.5. The largest absolute Gasteiger partial charge is 0.495 e. The Labute approximate surface area is 403 Å². The lowest BCUT2D eigenvalue weighted by atomic mass is 9.86. The zero-order valence-corrected chi connectivity index (χ0v) is 40.8. The molecule has 3 N–H and O–H groups in total. The van der Waals surface area contributed by atoms with Gasteiger partial charge in [-0.3, -0.25) is 19.6 Å². The molecule has 354 valence electrons. The summed E-state index contributed by atoms with van der Waals surface area (Å²) >= 11 is 3.28. The summed E-state index contributed by atoms with van der Waals surface area (Å²) in [5.41, 5.74) is 8.64. The molecule has 5 aliphatic rings. The summed E-state index contributed by atoms with van der Waals surface area (Å²) in [7, 11) is 9.79. The Morgan fingerprint density at radius 3 is 1.74 bits per heavy atom. The van der Waals surface area contributed by atoms with Crippen LogP contribution in [0.4, 0.5) is 23.0 Å². The monoisotopic (exact) mass is 955 g/mol. The number of ether oxygens (including phenoxy) is 2. The van der Waals surface area contributed by atoms with Gasteiger partial charge in [-0.25, -0.2) is 19.9 Å². The van der Waals surface area contributed by atoms with Gasteiger partial charge in [0.15, 0.2) is 0 Å². The van der Waals surface area contributed by atoms with E-state index in [9.17, 15) is 14.7 Å². The Bertz CT molecular complexity index is 2960. The fraction of sp³-hybridized carbons (Fsp3) is 0.440. The van der Waals surface area contributed by atoms with E-state index in [0.29, 0.717) is 37.9 Å². The topological polar surface area (TPSA) is 183 Å². The number of aromatic nitrogens is 4. The first-order chi connectivity index (χ1) is 33.0. The SMILES string of the molecule is COc1cc2c(cc1Nc1ncnc3sc4c(c13)CC[C@H](C(=O)N1CCC(N(C)CCN(C)C)CC1)C4)C=NC2.COc1cc2c(cc1Nc1ncnc3sc4c(c13)CC[C@H](C(=O)O)C4)C=NC2. The standard InChI is InChI=1S/C30H39N7O2S.C20H18N4O3S/c1-35(2)11-12-36(3)22-7-9-37(10-8-22)30(38)19-5-6-23-26(15-19)40-29-27(23)28(32-18-33-29)34-24-13-20-16-31-17-21(20)14-25(24)39-4;1-27-15-5-12-8-21-7-11(12)4-14(15)24-18-17-13-3-2-10(20(25)26)6-16(13)28-19(17)23-9-22-18/h13-14,16,18-19,22H,5-12,15,17H2,1-4H3,(H,32,33,34);4-5,7,9-10H,2-3,6,8H2,1H3,(H,25,26)(H,22,23,24)/t19-;10-/m00/s1. The number of fused-ring (bicyclic) bond motifs is 8. The molecule has 1 amide bonds. The second-order valence-electron chi connectivity index (χ2n) is 18.6. The molecule has 6 aromatic rings. The highest BCUT2D eigenvalue weighted by Crippen LogP contribution is 2.44. The average Bonchev–Trinajstić information content (AvgIpc) is 4.17. The highest BCUT2D eigenvalue weighted by molar-refractivity contribution is 7.19. The molecule has 68 heavy (non-hydrogen) atoms. The smallest absolute Gasteiger partial charge is 0.306 e. The van der Waals surface area contributed by atoms with Crippen LogP contribution in [0.25, 0.3) is 20.4 Å². The summed E-state index contributed by atoms with van der Waals surface area (Å²) < 4.78 is 11.2. The third-order valence-corrected chi connectivity index (χ3v) is 16.4. The number of methoxy groups -OCH3 is 2. The first-order valence-corrected chi connectivity index (χ1v) is 25.0. The zero-order valence-electron chi connectivity index (χ0n) is 39.2. The molecule has 18 heteroatoms. The highest BCUT2D eigenvalue weighted by Gasteiger charge is 2.34. The molecule has 1 fully saturated rings. The number of thiophene rings is 2. The number of benzene rings is 2. The van der Waals surface area contributed by atoms with Gasteiger partial charge in [-0.15, -0.1) is 22.7 Å². The van der Waals surface area contributed by atoms with Crippen LogP contribution in [0.15, 0.2) is 46.9 Å². The van der Waals surface area contributed by atoms with Crippen LogP contribution in [-0.4, -0.2) is 132 Å². The molecule has 11 rings (SSSR count). The van der Waals surface area contributed by atoms with Crippen molar-refractivity contribution >= 4 is 90.4 Å². The number of likely N-dealkylation sites (N-methyl/N-ethyl adjacent to an activating group) is 2. The molecule has 2 atom stereocenters. The highest BCUT2D eigenvalue weighted by atomic mass is 32.1. The van der Waals surface area contributed by atoms with Gasteiger partial charge in [0.2, 0.25) is 5.91 Å². The van der Waals surface area contributed by atoms with E-state index in [-0.39, 0.29) is 11.8 Å². The molecule has 0 unspecified atom stereocenters. The maximum absolute atomic E-state index is 13.6. The van der Waals surface area contributed by atoms with E-state index in [0.717, 1.165) is 141 Å². The van der Waals surface area contributed by atoms with Crippen LogP contribution < -0.4 is 20.1 Å². The molecular formula is C50H57N11O5S2. The summed E-state index contributed by atoms with van der Waals surface area (Å²) in [4.78, 5) is 62.9. The minimum absolute atomic E-state index is 0.0454. The number of aliphatic imine (C=N–C) groups is 2. The fourth-order valence-corrected chi connectivity index (χ4v) is 12.8. The van der Waals surface area contributed by atoms with E-state index < -0.39 is 5.97 Å². The van der Waals surface area contributed by atoms with Gasteiger partial charge in [-0.05, 0) is 130 Å². The van der Waals surface area contributed by atoms with E-state index in [4.69, 9.17) is 9.47 Å². The Morgan fingerprint density at radius 2 is 1.24 bits per heavy atom. The van der Waals surface area contributed by atoms with Gasteiger partial charge in [0, 0.05) is 60.3 Å². The number of aryl methyl sites for hydroxylation is 2. The molecule has 0 saturated carbocycles. The van der Waals surface area contributed by atoms with Crippen molar-refractivity contribution in [1.82, 2.24) is 34.6 Å². The molecule has 2 aromatic carbocycles. The van der Waals surface area contributed by atoms with Gasteiger partial charge in [0.05, 0.1) is 55.4 Å². The van der Waals surface area contributed by atoms with E-state index in [1.807, 2.05) is 30.6 Å². The number of amides is 1. The van der Waals surface area contributed by atoms with Crippen LogP contribution in [0, 0.1) is 11.8 Å². The summed E-state index contributed by atoms with van der Waals surface area (Å²) in [5.74, 6) is 2.36. The van der Waals surface area contributed by atoms with Gasteiger partial charge in [-0.2, -0.15) is 0 Å². The van der Waals surface area contributed by atoms with Crippen molar-refractivity contribution in [3.05, 3.63) is 80.1 Å². The van der Waals surface area contributed by atoms with Crippen LogP contribution in [0.2, 0.25) is 0 Å². The number of anilines is 4. The number of carbonyl (C=O) groups is 2. The van der Waals surface area contributed by atoms with Crippen LogP contribution in [-0.2, 0) is 48.4 Å². The van der Waals surface area contributed by atoms with Gasteiger partial charge in [0.25, 0.3) is 0 Å². The van der Waals surface area contributed by atoms with Crippen molar-refractivity contribution in [3.8, 4) is 11.5 Å². The van der Waals surface area contributed by atoms with Gasteiger partial charge in [0.1, 0.15) is 45.5 Å². The number of rotatable bonds is 12. The average molecular weight is 956 g/mol. The number of nitrogens with one attached hydrogen (secondary N) is 2. The fourth-order valence-electron chi connectivity index (χ4n) is 10.2. The van der Waals surface area contributed by atoms with Crippen molar-refractivity contribution in [2.75, 3.05) is 72.2 Å². The molecule has 2 aliphatic carbocycles. The maximum Gasteiger partial charge on any atom is 0.306 e. The van der Waals surface area contributed by atoms with Crippen molar-refractivity contribution in [1.29, 1.82) is 0 Å². The number of aliphatic carboxylic acids is 1. The van der Waals surface area contributed by atoms with E-state index in [1.54, 1.807) is 49.5 Å². The number of piperidine rings is 1. The maximum atomic E-state index is 13.6. The Balaban J connectivity index is 0.000000168. The van der Waals surface area contributed by atoms with E-state index in [2.05, 4.69) is 82.5 Å². The molecule has 0 radical (unpaired) electrons. The van der Waals surface area contributed by atoms with Crippen LogP contribution in [0.5, 0.6) is 11.5 Å². The van der Waals surface area contributed by atoms with Crippen molar-refractivity contribution in [3.63, 3.8) is 0 Å². The Hall–Kier alpha value is -6.08. The predicted octanol–water partition coefficient (Wildman–Crippen LogP) is 7.53. The molecule has 16 nitrogen and oxygen atoms in total. The van der Waals surface area contributed by atoms with E-state index in [1.165, 1.54) is 21.6 Å². The van der Waals surface area contributed by atoms with Gasteiger partial charge >= 0.3 is 5.97 Å². The summed E-state index contributed by atoms with van der Waals surface area (Å²) in [6, 6.07) is 8.72. The molecule has 0 spiro atoms. The summed E-state index contributed by atoms with van der Waals surface area (Å²) in [6.07, 6.45) is 13.5. The predicted molar refractivity (Wildman–Crippen MR) is 269 cm³/mol. The van der Waals surface area contributed by atoms with Crippen LogP contribution in [0.1, 0.15) is 68.8 Å². The lowest BCUT2D eigenvalue weighted by Crippen LogP contribution is -2.48. The second-order valence-corrected chi connectivity index (χ2v) is 20.7. The molecular weight excluding hydrogens is 899 g/mol. The number of hydrogen-bond acceptors (Lipinski definition) is 16. The lowest BCUT2D eigenvalue weighted by molar-refractivity contribution is -0.142. The molecule has 4 aromatic heterocycles. The number of carboxylic acids is 1. The van der Waals surface area contributed by atoms with Gasteiger partial charge in [-0.1, -0.05) is 0 Å². The van der Waals surface area contributed by atoms with Crippen LogP contribution >= 0.6 is 22.7 Å². The third kappa shape index (κ3) is 9.13. The molecule has 7 heterocycles. The number of carboxylic acid groups (broad SMARTS) is 1. The Kier molecular flexibility index (Phi) is 13.1. The normalized spacial score (nSPS) is 18.3. The van der Waals surface area contributed by atoms with Crippen molar-refractivity contribution < 1.29 is 24.2 Å². The first-order valence-electron chi connectivity index (χ1n) is 23.4. The minimum Gasteiger partial charge on any atom is -0.495 e. The molecule has 3 aliphatic heterocycles. The first kappa shape index (κ1) is 45.7. The number of likely N-dealkylation sites (tertiary alicyclic amines) is 1. The lowest BCUT2D eigenvalue weighted by Gasteiger charge is -2.38. The zero-order chi connectivity index (χ0) is 47.1. The molecule has 1 saturated heterocycles. The van der Waals surface area contributed by atoms with Crippen LogP contribution in [0.3, 0.4) is 0 Å². The quantitative estimate of drug-likeness (QED) is 0.110. The number of hydrogen-bond donors (Lipinski definition) is 3. The molecule has 0 bridgehead atoms. The summed E-state index contributed by atoms with van der Waals surface area (Å²) in [6.45, 7) is 5.21. The van der Waals surface area contributed by atoms with E-state index >= 15 is 0 Å². The number of carbonyl (C=O) groups excluding carboxylic acids is 1. The number of nitrogens with zero attached hydrogens (tertiary/aromatic N) is 9. The summed E-state index contributed by atoms with van der Waals surface area (Å²) in [5, 5.41) is 18.4. The van der Waals surface area contributed by atoms with Crippen molar-refractivity contribution in [2.24, 2.45) is 21.8 Å². The Morgan fingerprint density at radius 1 is 0.721 bits per heavy atom. The third-order valence-electron chi connectivity index (χ3n) is 14.1. The van der Waals surface area contributed by atoms with Gasteiger partial charge < -0.3 is 39.9 Å². The minimum atomic E-state index is -0.725.